The molecule has 8 nitrogen and oxygen atoms in total. The number of carbonyl (C=O) groups excluding carboxylic acids is 2. The summed E-state index contributed by atoms with van der Waals surface area (Å²) in [5.41, 5.74) is 1.89. The topological polar surface area (TPSA) is 106 Å². The molecule has 0 bridgehead atoms. The summed E-state index contributed by atoms with van der Waals surface area (Å²) in [4.78, 5) is 35.8. The van der Waals surface area contributed by atoms with Gasteiger partial charge in [-0.25, -0.2) is 0 Å². The molecule has 142 valence electrons. The van der Waals surface area contributed by atoms with Gasteiger partial charge in [0.15, 0.2) is 0 Å². The fourth-order valence-corrected chi connectivity index (χ4v) is 3.59. The van der Waals surface area contributed by atoms with Gasteiger partial charge in [-0.1, -0.05) is 24.3 Å². The van der Waals surface area contributed by atoms with Crippen LogP contribution in [0.5, 0.6) is 0 Å². The van der Waals surface area contributed by atoms with Crippen LogP contribution in [0.15, 0.2) is 54.6 Å². The number of nitro benzene ring substituents is 1. The van der Waals surface area contributed by atoms with E-state index in [1.807, 2.05) is 30.3 Å². The second-order valence-corrected chi connectivity index (χ2v) is 6.66. The van der Waals surface area contributed by atoms with Crippen molar-refractivity contribution in [2.24, 2.45) is 0 Å². The number of ketones is 1. The zero-order chi connectivity index (χ0) is 19.7. The van der Waals surface area contributed by atoms with Gasteiger partial charge in [-0.05, 0) is 23.6 Å². The van der Waals surface area contributed by atoms with Crippen molar-refractivity contribution < 1.29 is 14.5 Å². The number of benzene rings is 2. The molecule has 0 saturated carbocycles. The number of fused-ring (bicyclic) bond motifs is 3. The van der Waals surface area contributed by atoms with Gasteiger partial charge in [-0.3, -0.25) is 19.7 Å². The molecule has 1 amide bonds. The molecule has 0 radical (unpaired) electrons. The Morgan fingerprint density at radius 3 is 2.79 bits per heavy atom. The molecule has 1 unspecified atom stereocenters. The number of non-ortho nitro benzene ring substituents is 1. The molecule has 0 spiro atoms. The summed E-state index contributed by atoms with van der Waals surface area (Å²) >= 11 is 0. The molecule has 0 fully saturated rings. The van der Waals surface area contributed by atoms with Crippen LogP contribution >= 0.6 is 0 Å². The maximum Gasteiger partial charge on any atom is 0.292 e. The van der Waals surface area contributed by atoms with Crippen LogP contribution in [0.3, 0.4) is 0 Å². The fourth-order valence-electron chi connectivity index (χ4n) is 3.59. The van der Waals surface area contributed by atoms with Gasteiger partial charge in [0, 0.05) is 48.7 Å². The predicted octanol–water partition coefficient (Wildman–Crippen LogP) is 2.44. The van der Waals surface area contributed by atoms with Crippen molar-refractivity contribution in [1.29, 1.82) is 0 Å². The molecule has 2 N–H and O–H groups in total. The molecular formula is C20H18N4O4. The molecule has 1 aliphatic rings. The van der Waals surface area contributed by atoms with E-state index in [1.54, 1.807) is 0 Å². The van der Waals surface area contributed by atoms with Crippen molar-refractivity contribution in [3.63, 3.8) is 0 Å². The van der Waals surface area contributed by atoms with Gasteiger partial charge in [0.1, 0.15) is 0 Å². The van der Waals surface area contributed by atoms with Crippen molar-refractivity contribution in [2.75, 3.05) is 18.4 Å². The second-order valence-electron chi connectivity index (χ2n) is 6.66. The lowest BCUT2D eigenvalue weighted by Gasteiger charge is -2.15. The maximum atomic E-state index is 12.9. The minimum Gasteiger partial charge on any atom is -0.343 e. The molecule has 1 aromatic heterocycles. The number of amides is 1. The monoisotopic (exact) mass is 378 g/mol. The van der Waals surface area contributed by atoms with Crippen LogP contribution in [0.2, 0.25) is 0 Å². The number of para-hydroxylation sites is 1. The van der Waals surface area contributed by atoms with E-state index in [2.05, 4.69) is 15.2 Å². The molecular weight excluding hydrogens is 360 g/mol. The normalized spacial score (nSPS) is 16.2. The number of hydrogen-bond acceptors (Lipinski definition) is 5. The number of aromatic nitrogens is 1. The Kier molecular flexibility index (Phi) is 4.62. The van der Waals surface area contributed by atoms with E-state index in [9.17, 15) is 19.7 Å². The number of hydrogen-bond donors (Lipinski definition) is 2. The fraction of sp³-hybridized carbons (Fsp3) is 0.200. The molecule has 3 aromatic rings. The van der Waals surface area contributed by atoms with Crippen molar-refractivity contribution >= 4 is 34.0 Å². The Morgan fingerprint density at radius 1 is 1.14 bits per heavy atom. The molecule has 1 aliphatic heterocycles. The Balaban J connectivity index is 1.62. The molecule has 0 aliphatic carbocycles. The maximum absolute atomic E-state index is 12.9. The van der Waals surface area contributed by atoms with E-state index in [0.29, 0.717) is 19.6 Å². The highest BCUT2D eigenvalue weighted by molar-refractivity contribution is 6.42. The van der Waals surface area contributed by atoms with Crippen LogP contribution in [0, 0.1) is 10.1 Å². The Hall–Kier alpha value is -3.52. The van der Waals surface area contributed by atoms with E-state index in [1.165, 1.54) is 24.3 Å². The number of nitrogens with one attached hydrogen (secondary N) is 2. The highest BCUT2D eigenvalue weighted by Crippen LogP contribution is 2.28. The SMILES string of the molecule is O=C(Nc1cccc([N+](=O)[O-])c1)C(=O)C1CNCCn2c1cc1ccccc12. The summed E-state index contributed by atoms with van der Waals surface area (Å²) in [7, 11) is 0. The summed E-state index contributed by atoms with van der Waals surface area (Å²) in [5.74, 6) is -2.00. The lowest BCUT2D eigenvalue weighted by atomic mass is 9.99. The predicted molar refractivity (Wildman–Crippen MR) is 104 cm³/mol. The third-order valence-corrected chi connectivity index (χ3v) is 4.92. The van der Waals surface area contributed by atoms with Gasteiger partial charge in [0.05, 0.1) is 10.8 Å². The van der Waals surface area contributed by atoms with Crippen LogP contribution in [0.1, 0.15) is 11.6 Å². The van der Waals surface area contributed by atoms with E-state index < -0.39 is 22.5 Å². The lowest BCUT2D eigenvalue weighted by Crippen LogP contribution is -2.33. The van der Waals surface area contributed by atoms with Crippen molar-refractivity contribution in [1.82, 2.24) is 9.88 Å². The standard InChI is InChI=1S/C20H18N4O4/c25-19(20(26)22-14-5-3-6-15(11-14)24(27)28)16-12-21-8-9-23-17-7-2-1-4-13(17)10-18(16)23/h1-7,10-11,16,21H,8-9,12H2,(H,22,26). The minimum absolute atomic E-state index is 0.151. The first kappa shape index (κ1) is 17.9. The van der Waals surface area contributed by atoms with Crippen molar-refractivity contribution in [2.45, 2.75) is 12.5 Å². The summed E-state index contributed by atoms with van der Waals surface area (Å²) in [6.07, 6.45) is 0. The first-order chi connectivity index (χ1) is 13.5. The second kappa shape index (κ2) is 7.24. The van der Waals surface area contributed by atoms with Gasteiger partial charge >= 0.3 is 0 Å². The van der Waals surface area contributed by atoms with Gasteiger partial charge < -0.3 is 15.2 Å². The molecule has 8 heteroatoms. The van der Waals surface area contributed by atoms with Crippen molar-refractivity contribution in [3.05, 3.63) is 70.4 Å². The van der Waals surface area contributed by atoms with E-state index in [0.717, 1.165) is 16.6 Å². The zero-order valence-electron chi connectivity index (χ0n) is 14.9. The van der Waals surface area contributed by atoms with Crippen LogP contribution in [-0.2, 0) is 16.1 Å². The molecule has 2 heterocycles. The van der Waals surface area contributed by atoms with Crippen LogP contribution in [0.4, 0.5) is 11.4 Å². The summed E-state index contributed by atoms with van der Waals surface area (Å²) < 4.78 is 2.07. The van der Waals surface area contributed by atoms with Gasteiger partial charge in [0.25, 0.3) is 11.6 Å². The smallest absolute Gasteiger partial charge is 0.292 e. The Labute approximate surface area is 160 Å². The van der Waals surface area contributed by atoms with Crippen LogP contribution in [-0.4, -0.2) is 34.3 Å². The number of nitro groups is 1. The summed E-state index contributed by atoms with van der Waals surface area (Å²) in [5, 5.41) is 17.6. The minimum atomic E-state index is -0.786. The van der Waals surface area contributed by atoms with E-state index in [4.69, 9.17) is 0 Å². The third-order valence-electron chi connectivity index (χ3n) is 4.92. The summed E-state index contributed by atoms with van der Waals surface area (Å²) in [6, 6.07) is 15.3. The van der Waals surface area contributed by atoms with E-state index in [-0.39, 0.29) is 11.4 Å². The van der Waals surface area contributed by atoms with Crippen LogP contribution in [0.25, 0.3) is 10.9 Å². The van der Waals surface area contributed by atoms with E-state index >= 15 is 0 Å². The van der Waals surface area contributed by atoms with Crippen LogP contribution < -0.4 is 10.6 Å². The van der Waals surface area contributed by atoms with Gasteiger partial charge in [-0.2, -0.15) is 0 Å². The quantitative estimate of drug-likeness (QED) is 0.412. The molecule has 28 heavy (non-hydrogen) atoms. The molecule has 0 saturated heterocycles. The Morgan fingerprint density at radius 2 is 1.96 bits per heavy atom. The zero-order valence-corrected chi connectivity index (χ0v) is 14.9. The average molecular weight is 378 g/mol. The lowest BCUT2D eigenvalue weighted by molar-refractivity contribution is -0.384. The number of carbonyl (C=O) groups is 2. The number of nitrogens with zero attached hydrogens (tertiary/aromatic N) is 2. The van der Waals surface area contributed by atoms with Crippen molar-refractivity contribution in [3.8, 4) is 0 Å². The largest absolute Gasteiger partial charge is 0.343 e. The average Bonchev–Trinajstić information content (AvgIpc) is 2.93. The molecule has 1 atom stereocenters. The third kappa shape index (κ3) is 3.25. The first-order valence-electron chi connectivity index (χ1n) is 8.93. The van der Waals surface area contributed by atoms with Gasteiger partial charge in [-0.15, -0.1) is 0 Å². The van der Waals surface area contributed by atoms with Gasteiger partial charge in [0.2, 0.25) is 5.78 Å². The first-order valence-corrected chi connectivity index (χ1v) is 8.93. The number of Topliss-reactive ketones (excluding diaryl/α,β-unsaturated/α-hetero) is 1. The number of rotatable bonds is 4. The molecule has 2 aromatic carbocycles. The Bertz CT molecular complexity index is 1090. The molecule has 4 rings (SSSR count). The highest BCUT2D eigenvalue weighted by atomic mass is 16.6. The highest BCUT2D eigenvalue weighted by Gasteiger charge is 2.31. The summed E-state index contributed by atoms with van der Waals surface area (Å²) in [6.45, 7) is 1.76. The number of anilines is 1.